The number of halogens is 1. The first-order valence-electron chi connectivity index (χ1n) is 4.86. The lowest BCUT2D eigenvalue weighted by Crippen LogP contribution is -2.30. The number of nitrogens with zero attached hydrogens (tertiary/aromatic N) is 1. The molecule has 0 fully saturated rings. The Morgan fingerprint density at radius 2 is 2.33 bits per heavy atom. The summed E-state index contributed by atoms with van der Waals surface area (Å²) in [7, 11) is 0. The second-order valence-electron chi connectivity index (χ2n) is 3.51. The van der Waals surface area contributed by atoms with Crippen molar-refractivity contribution in [3.8, 4) is 0 Å². The zero-order valence-electron chi connectivity index (χ0n) is 8.53. The van der Waals surface area contributed by atoms with E-state index in [2.05, 4.69) is 4.99 Å². The molecule has 4 heteroatoms. The fraction of sp³-hybridized carbons (Fsp3) is 0.364. The third-order valence-corrected chi connectivity index (χ3v) is 2.53. The average Bonchev–Trinajstić information content (AvgIpc) is 2.23. The number of nitrogens with two attached hydrogens (primary N) is 1. The molecule has 3 nitrogen and oxygen atoms in total. The van der Waals surface area contributed by atoms with Gasteiger partial charge in [-0.15, -0.1) is 0 Å². The largest absolute Gasteiger partial charge is 0.385 e. The Bertz CT molecular complexity index is 404. The monoisotopic (exact) mass is 208 g/mol. The van der Waals surface area contributed by atoms with E-state index >= 15 is 0 Å². The highest BCUT2D eigenvalue weighted by Crippen LogP contribution is 2.24. The third kappa shape index (κ3) is 1.85. The summed E-state index contributed by atoms with van der Waals surface area (Å²) in [6, 6.07) is 4.90. The predicted molar refractivity (Wildman–Crippen MR) is 56.3 cm³/mol. The molecular weight excluding hydrogens is 195 g/mol. The van der Waals surface area contributed by atoms with Crippen LogP contribution in [0, 0.1) is 12.7 Å². The summed E-state index contributed by atoms with van der Waals surface area (Å²) < 4.78 is 18.8. The molecule has 0 aliphatic carbocycles. The van der Waals surface area contributed by atoms with E-state index in [1.54, 1.807) is 13.0 Å². The van der Waals surface area contributed by atoms with Crippen molar-refractivity contribution >= 4 is 5.84 Å². The van der Waals surface area contributed by atoms with Crippen molar-refractivity contribution in [1.29, 1.82) is 0 Å². The maximum atomic E-state index is 13.3. The molecule has 1 aliphatic heterocycles. The van der Waals surface area contributed by atoms with Crippen LogP contribution in [0.5, 0.6) is 0 Å². The maximum absolute atomic E-state index is 13.3. The van der Waals surface area contributed by atoms with E-state index in [1.807, 2.05) is 6.07 Å². The first-order chi connectivity index (χ1) is 7.20. The van der Waals surface area contributed by atoms with Crippen molar-refractivity contribution < 1.29 is 9.13 Å². The van der Waals surface area contributed by atoms with Gasteiger partial charge in [-0.25, -0.2) is 4.39 Å². The number of aliphatic imine (C=N–C) groups is 1. The number of benzene rings is 1. The summed E-state index contributed by atoms with van der Waals surface area (Å²) in [5.74, 6) is 0.185. The molecule has 1 aromatic carbocycles. The van der Waals surface area contributed by atoms with Crippen LogP contribution in [0.3, 0.4) is 0 Å². The van der Waals surface area contributed by atoms with Gasteiger partial charge in [-0.3, -0.25) is 4.99 Å². The predicted octanol–water partition coefficient (Wildman–Crippen LogP) is 1.56. The van der Waals surface area contributed by atoms with Crippen molar-refractivity contribution in [2.45, 2.75) is 13.0 Å². The van der Waals surface area contributed by atoms with Crippen LogP contribution in [0.15, 0.2) is 23.2 Å². The second kappa shape index (κ2) is 3.98. The number of amidine groups is 1. The van der Waals surface area contributed by atoms with Crippen LogP contribution in [0.2, 0.25) is 0 Å². The van der Waals surface area contributed by atoms with E-state index in [1.165, 1.54) is 6.07 Å². The van der Waals surface area contributed by atoms with Crippen LogP contribution < -0.4 is 5.73 Å². The summed E-state index contributed by atoms with van der Waals surface area (Å²) >= 11 is 0. The van der Waals surface area contributed by atoms with Gasteiger partial charge in [0.2, 0.25) is 0 Å². The molecule has 1 aromatic rings. The molecule has 1 atom stereocenters. The van der Waals surface area contributed by atoms with Gasteiger partial charge < -0.3 is 10.5 Å². The smallest absolute Gasteiger partial charge is 0.140 e. The Morgan fingerprint density at radius 3 is 3.07 bits per heavy atom. The van der Waals surface area contributed by atoms with Gasteiger partial charge in [0.15, 0.2) is 0 Å². The Balaban J connectivity index is 2.40. The van der Waals surface area contributed by atoms with E-state index in [9.17, 15) is 4.39 Å². The van der Waals surface area contributed by atoms with Crippen LogP contribution in [0.1, 0.15) is 17.2 Å². The summed E-state index contributed by atoms with van der Waals surface area (Å²) in [6.45, 7) is 2.83. The van der Waals surface area contributed by atoms with Crippen LogP contribution in [0.4, 0.5) is 4.39 Å². The van der Waals surface area contributed by atoms with Gasteiger partial charge in [0.25, 0.3) is 0 Å². The zero-order valence-corrected chi connectivity index (χ0v) is 8.53. The van der Waals surface area contributed by atoms with Gasteiger partial charge in [-0.05, 0) is 24.1 Å². The number of hydrogen-bond donors (Lipinski definition) is 1. The van der Waals surface area contributed by atoms with Crippen molar-refractivity contribution in [3.63, 3.8) is 0 Å². The molecule has 0 bridgehead atoms. The first-order valence-corrected chi connectivity index (χ1v) is 4.86. The Morgan fingerprint density at radius 1 is 1.53 bits per heavy atom. The van der Waals surface area contributed by atoms with Gasteiger partial charge in [0.1, 0.15) is 17.8 Å². The summed E-state index contributed by atoms with van der Waals surface area (Å²) in [5.41, 5.74) is 7.06. The number of hydrogen-bond acceptors (Lipinski definition) is 3. The Hall–Kier alpha value is -1.42. The Kier molecular flexibility index (Phi) is 2.68. The number of rotatable bonds is 1. The molecule has 1 aliphatic rings. The topological polar surface area (TPSA) is 47.6 Å². The lowest BCUT2D eigenvalue weighted by molar-refractivity contribution is 0.0938. The molecular formula is C11H13FN2O. The van der Waals surface area contributed by atoms with Crippen LogP contribution >= 0.6 is 0 Å². The molecule has 0 aromatic heterocycles. The third-order valence-electron chi connectivity index (χ3n) is 2.53. The van der Waals surface area contributed by atoms with Crippen LogP contribution in [-0.4, -0.2) is 19.0 Å². The Labute approximate surface area is 87.8 Å². The molecule has 0 saturated heterocycles. The van der Waals surface area contributed by atoms with Crippen LogP contribution in [0.25, 0.3) is 0 Å². The van der Waals surface area contributed by atoms with E-state index in [4.69, 9.17) is 10.5 Å². The average molecular weight is 208 g/mol. The lowest BCUT2D eigenvalue weighted by atomic mass is 10.0. The molecule has 15 heavy (non-hydrogen) atoms. The molecule has 80 valence electrons. The van der Waals surface area contributed by atoms with Gasteiger partial charge in [0, 0.05) is 0 Å². The summed E-state index contributed by atoms with van der Waals surface area (Å²) in [4.78, 5) is 4.11. The SMILES string of the molecule is Cc1c(F)cccc1C1OCCN=C1N. The number of ether oxygens (including phenoxy) is 1. The molecule has 2 rings (SSSR count). The van der Waals surface area contributed by atoms with Crippen LogP contribution in [-0.2, 0) is 4.74 Å². The molecule has 0 radical (unpaired) electrons. The van der Waals surface area contributed by atoms with E-state index < -0.39 is 6.10 Å². The molecule has 1 unspecified atom stereocenters. The van der Waals surface area contributed by atoms with Crippen molar-refractivity contribution in [1.82, 2.24) is 0 Å². The van der Waals surface area contributed by atoms with Gasteiger partial charge in [0.05, 0.1) is 13.2 Å². The zero-order chi connectivity index (χ0) is 10.8. The van der Waals surface area contributed by atoms with Crippen molar-refractivity contribution in [3.05, 3.63) is 35.1 Å². The van der Waals surface area contributed by atoms with E-state index in [0.717, 1.165) is 5.56 Å². The molecule has 1 heterocycles. The molecule has 0 spiro atoms. The minimum atomic E-state index is -0.394. The molecule has 2 N–H and O–H groups in total. The standard InChI is InChI=1S/C11H13FN2O/c1-7-8(3-2-4-9(7)12)10-11(13)14-5-6-15-10/h2-4,10H,5-6H2,1H3,(H2,13,14). The van der Waals surface area contributed by atoms with E-state index in [-0.39, 0.29) is 5.82 Å². The second-order valence-corrected chi connectivity index (χ2v) is 3.51. The normalized spacial score (nSPS) is 21.2. The highest BCUT2D eigenvalue weighted by molar-refractivity contribution is 5.86. The first kappa shape index (κ1) is 10.1. The highest BCUT2D eigenvalue weighted by Gasteiger charge is 2.22. The molecule has 0 saturated carbocycles. The summed E-state index contributed by atoms with van der Waals surface area (Å²) in [6.07, 6.45) is -0.394. The fourth-order valence-corrected chi connectivity index (χ4v) is 1.67. The lowest BCUT2D eigenvalue weighted by Gasteiger charge is -2.23. The van der Waals surface area contributed by atoms with Crippen molar-refractivity contribution in [2.24, 2.45) is 10.7 Å². The quantitative estimate of drug-likeness (QED) is 0.761. The summed E-state index contributed by atoms with van der Waals surface area (Å²) in [5, 5.41) is 0. The van der Waals surface area contributed by atoms with Gasteiger partial charge >= 0.3 is 0 Å². The van der Waals surface area contributed by atoms with E-state index in [0.29, 0.717) is 24.6 Å². The maximum Gasteiger partial charge on any atom is 0.140 e. The van der Waals surface area contributed by atoms with Crippen molar-refractivity contribution in [2.75, 3.05) is 13.2 Å². The fourth-order valence-electron chi connectivity index (χ4n) is 1.67. The molecule has 0 amide bonds. The highest BCUT2D eigenvalue weighted by atomic mass is 19.1. The minimum Gasteiger partial charge on any atom is -0.385 e. The van der Waals surface area contributed by atoms with Gasteiger partial charge in [-0.2, -0.15) is 0 Å². The minimum absolute atomic E-state index is 0.241. The van der Waals surface area contributed by atoms with Gasteiger partial charge in [-0.1, -0.05) is 12.1 Å².